The van der Waals surface area contributed by atoms with Crippen molar-refractivity contribution in [3.05, 3.63) is 70.0 Å². The first kappa shape index (κ1) is 12.0. The maximum Gasteiger partial charge on any atom is 0.274 e. The maximum atomic E-state index is 13.4. The summed E-state index contributed by atoms with van der Waals surface area (Å²) >= 11 is 0. The van der Waals surface area contributed by atoms with Crippen LogP contribution in [-0.4, -0.2) is 4.92 Å². The van der Waals surface area contributed by atoms with Crippen LogP contribution < -0.4 is 5.32 Å². The predicted octanol–water partition coefficient (Wildman–Crippen LogP) is 3.35. The van der Waals surface area contributed by atoms with Crippen molar-refractivity contribution in [2.75, 3.05) is 5.32 Å². The molecule has 4 nitrogen and oxygen atoms in total. The summed E-state index contributed by atoms with van der Waals surface area (Å²) in [5.74, 6) is -0.379. The number of hydrogen-bond donors (Lipinski definition) is 1. The summed E-state index contributed by atoms with van der Waals surface area (Å²) in [5, 5.41) is 13.6. The summed E-state index contributed by atoms with van der Waals surface area (Å²) < 4.78 is 13.4. The van der Waals surface area contributed by atoms with E-state index in [9.17, 15) is 14.5 Å². The standard InChI is InChI=1S/C13H11FN2O2/c14-11-6-2-3-7-12(11)15-9-10-5-1-4-8-13(10)16(17)18/h1-8,15H,9H2. The van der Waals surface area contributed by atoms with Gasteiger partial charge in [-0.25, -0.2) is 4.39 Å². The van der Waals surface area contributed by atoms with Gasteiger partial charge in [-0.3, -0.25) is 10.1 Å². The van der Waals surface area contributed by atoms with Gasteiger partial charge in [0.1, 0.15) is 5.82 Å². The molecule has 0 spiro atoms. The second-order valence-corrected chi connectivity index (χ2v) is 3.72. The SMILES string of the molecule is O=[N+]([O-])c1ccccc1CNc1ccccc1F. The van der Waals surface area contributed by atoms with Gasteiger partial charge in [0.05, 0.1) is 10.6 Å². The van der Waals surface area contributed by atoms with Crippen molar-refractivity contribution < 1.29 is 9.31 Å². The molecule has 1 N–H and O–H groups in total. The first-order valence-corrected chi connectivity index (χ1v) is 5.39. The molecule has 0 unspecified atom stereocenters. The third-order valence-electron chi connectivity index (χ3n) is 2.53. The molecule has 2 aromatic carbocycles. The van der Waals surface area contributed by atoms with Gasteiger partial charge in [-0.2, -0.15) is 0 Å². The van der Waals surface area contributed by atoms with E-state index in [0.717, 1.165) is 0 Å². The van der Waals surface area contributed by atoms with Crippen molar-refractivity contribution in [2.45, 2.75) is 6.54 Å². The molecule has 0 amide bonds. The molecule has 0 bridgehead atoms. The van der Waals surface area contributed by atoms with E-state index in [1.807, 2.05) is 0 Å². The van der Waals surface area contributed by atoms with Gasteiger partial charge in [-0.15, -0.1) is 0 Å². The van der Waals surface area contributed by atoms with Gasteiger partial charge in [0.2, 0.25) is 0 Å². The van der Waals surface area contributed by atoms with Crippen molar-refractivity contribution in [1.82, 2.24) is 0 Å². The lowest BCUT2D eigenvalue weighted by Gasteiger charge is -2.07. The fourth-order valence-corrected chi connectivity index (χ4v) is 1.63. The third kappa shape index (κ3) is 2.63. The molecule has 0 saturated heterocycles. The summed E-state index contributed by atoms with van der Waals surface area (Å²) in [6.07, 6.45) is 0. The lowest BCUT2D eigenvalue weighted by atomic mass is 10.2. The summed E-state index contributed by atoms with van der Waals surface area (Å²) in [4.78, 5) is 10.4. The van der Waals surface area contributed by atoms with E-state index in [-0.39, 0.29) is 18.0 Å². The highest BCUT2D eigenvalue weighted by Crippen LogP contribution is 2.20. The minimum atomic E-state index is -0.446. The zero-order valence-corrected chi connectivity index (χ0v) is 9.47. The number of para-hydroxylation sites is 2. The van der Waals surface area contributed by atoms with Gasteiger partial charge >= 0.3 is 0 Å². The van der Waals surface area contributed by atoms with E-state index in [0.29, 0.717) is 11.3 Å². The number of anilines is 1. The highest BCUT2D eigenvalue weighted by molar-refractivity contribution is 5.47. The van der Waals surface area contributed by atoms with Crippen molar-refractivity contribution in [3.63, 3.8) is 0 Å². The number of nitrogens with one attached hydrogen (secondary N) is 1. The normalized spacial score (nSPS) is 10.1. The van der Waals surface area contributed by atoms with Crippen molar-refractivity contribution in [1.29, 1.82) is 0 Å². The van der Waals surface area contributed by atoms with Crippen molar-refractivity contribution >= 4 is 11.4 Å². The van der Waals surface area contributed by atoms with Gasteiger partial charge in [0, 0.05) is 18.2 Å². The van der Waals surface area contributed by atoms with Crippen LogP contribution in [0.4, 0.5) is 15.8 Å². The van der Waals surface area contributed by atoms with Crippen molar-refractivity contribution in [2.24, 2.45) is 0 Å². The number of hydrogen-bond acceptors (Lipinski definition) is 3. The van der Waals surface area contributed by atoms with Gasteiger partial charge in [-0.1, -0.05) is 30.3 Å². The van der Waals surface area contributed by atoms with Crippen LogP contribution >= 0.6 is 0 Å². The zero-order valence-electron chi connectivity index (χ0n) is 9.47. The largest absolute Gasteiger partial charge is 0.378 e. The summed E-state index contributed by atoms with van der Waals surface area (Å²) in [7, 11) is 0. The number of nitro groups is 1. The van der Waals surface area contributed by atoms with Crippen LogP contribution in [0.25, 0.3) is 0 Å². The Kier molecular flexibility index (Phi) is 3.52. The van der Waals surface area contributed by atoms with Gasteiger partial charge in [0.25, 0.3) is 5.69 Å². The predicted molar refractivity (Wildman–Crippen MR) is 66.8 cm³/mol. The molecule has 0 aliphatic carbocycles. The second-order valence-electron chi connectivity index (χ2n) is 3.72. The van der Waals surface area contributed by atoms with Crippen LogP contribution in [0.15, 0.2) is 48.5 Å². The number of nitrogens with zero attached hydrogens (tertiary/aromatic N) is 1. The fraction of sp³-hybridized carbons (Fsp3) is 0.0769. The Labute approximate surface area is 103 Å². The van der Waals surface area contributed by atoms with E-state index in [4.69, 9.17) is 0 Å². The lowest BCUT2D eigenvalue weighted by Crippen LogP contribution is -2.04. The highest BCUT2D eigenvalue weighted by Gasteiger charge is 2.12. The van der Waals surface area contributed by atoms with Crippen LogP contribution in [0.3, 0.4) is 0 Å². The summed E-state index contributed by atoms with van der Waals surface area (Å²) in [5.41, 5.74) is 0.878. The Morgan fingerprint density at radius 2 is 1.78 bits per heavy atom. The minimum absolute atomic E-state index is 0.0290. The molecule has 92 valence electrons. The maximum absolute atomic E-state index is 13.4. The molecule has 0 atom stereocenters. The molecule has 5 heteroatoms. The molecule has 0 aromatic heterocycles. The monoisotopic (exact) mass is 246 g/mol. The molecule has 18 heavy (non-hydrogen) atoms. The Morgan fingerprint density at radius 1 is 1.11 bits per heavy atom. The molecule has 0 saturated carbocycles. The van der Waals surface area contributed by atoms with Crippen LogP contribution in [-0.2, 0) is 6.54 Å². The quantitative estimate of drug-likeness (QED) is 0.664. The van der Waals surface area contributed by atoms with Crippen LogP contribution in [0, 0.1) is 15.9 Å². The molecular weight excluding hydrogens is 235 g/mol. The molecule has 2 aromatic rings. The molecule has 0 fully saturated rings. The number of benzene rings is 2. The van der Waals surface area contributed by atoms with Gasteiger partial charge < -0.3 is 5.32 Å². The first-order chi connectivity index (χ1) is 8.68. The van der Waals surface area contributed by atoms with E-state index >= 15 is 0 Å². The van der Waals surface area contributed by atoms with E-state index in [1.54, 1.807) is 36.4 Å². The molecule has 2 rings (SSSR count). The third-order valence-corrected chi connectivity index (χ3v) is 2.53. The van der Waals surface area contributed by atoms with Crippen LogP contribution in [0.5, 0.6) is 0 Å². The highest BCUT2D eigenvalue weighted by atomic mass is 19.1. The lowest BCUT2D eigenvalue weighted by molar-refractivity contribution is -0.385. The fourth-order valence-electron chi connectivity index (χ4n) is 1.63. The Balaban J connectivity index is 2.16. The molecule has 0 aliphatic heterocycles. The van der Waals surface area contributed by atoms with Gasteiger partial charge in [-0.05, 0) is 12.1 Å². The van der Waals surface area contributed by atoms with Crippen molar-refractivity contribution in [3.8, 4) is 0 Å². The van der Waals surface area contributed by atoms with Gasteiger partial charge in [0.15, 0.2) is 0 Å². The number of rotatable bonds is 4. The Bertz CT molecular complexity index is 572. The van der Waals surface area contributed by atoms with Crippen LogP contribution in [0.2, 0.25) is 0 Å². The Hall–Kier alpha value is -2.43. The van der Waals surface area contributed by atoms with E-state index in [2.05, 4.69) is 5.32 Å². The zero-order chi connectivity index (χ0) is 13.0. The summed E-state index contributed by atoms with van der Waals surface area (Å²) in [6.45, 7) is 0.206. The number of nitro benzene ring substituents is 1. The summed E-state index contributed by atoms with van der Waals surface area (Å²) in [6, 6.07) is 12.6. The first-order valence-electron chi connectivity index (χ1n) is 5.39. The molecule has 0 radical (unpaired) electrons. The van der Waals surface area contributed by atoms with E-state index in [1.165, 1.54) is 12.1 Å². The molecule has 0 heterocycles. The number of halogens is 1. The smallest absolute Gasteiger partial charge is 0.274 e. The second kappa shape index (κ2) is 5.27. The average molecular weight is 246 g/mol. The Morgan fingerprint density at radius 3 is 2.50 bits per heavy atom. The minimum Gasteiger partial charge on any atom is -0.378 e. The van der Waals surface area contributed by atoms with E-state index < -0.39 is 4.92 Å². The topological polar surface area (TPSA) is 55.2 Å². The molecule has 0 aliphatic rings. The molecular formula is C13H11FN2O2. The van der Waals surface area contributed by atoms with Crippen LogP contribution in [0.1, 0.15) is 5.56 Å². The average Bonchev–Trinajstić information content (AvgIpc) is 2.38.